The Morgan fingerprint density at radius 2 is 1.83 bits per heavy atom. The minimum atomic E-state index is -0.520. The van der Waals surface area contributed by atoms with Crippen LogP contribution in [0.4, 0.5) is 0 Å². The molecule has 2 aromatic rings. The molecule has 2 amide bonds. The fourth-order valence-corrected chi connectivity index (χ4v) is 2.99. The molecule has 8 nitrogen and oxygen atoms in total. The summed E-state index contributed by atoms with van der Waals surface area (Å²) in [5, 5.41) is 2.72. The number of thiocarbonyl (C=S) groups is 1. The monoisotopic (exact) mass is 515 g/mol. The molecule has 0 saturated heterocycles. The van der Waals surface area contributed by atoms with Crippen LogP contribution >= 0.6 is 39.7 Å². The average molecular weight is 517 g/mol. The van der Waals surface area contributed by atoms with Crippen molar-refractivity contribution in [1.29, 1.82) is 0 Å². The molecule has 2 rings (SSSR count). The van der Waals surface area contributed by atoms with Gasteiger partial charge in [0.25, 0.3) is 11.8 Å². The first-order valence-corrected chi connectivity index (χ1v) is 10.2. The molecule has 3 N–H and O–H groups in total. The highest BCUT2D eigenvalue weighted by atomic mass is 79.9. The number of para-hydroxylation sites is 1. The van der Waals surface area contributed by atoms with Crippen molar-refractivity contribution in [1.82, 2.24) is 16.2 Å². The van der Waals surface area contributed by atoms with E-state index in [2.05, 4.69) is 32.1 Å². The number of hydrogen-bond acceptors (Lipinski definition) is 6. The molecule has 0 aliphatic rings. The predicted octanol–water partition coefficient (Wildman–Crippen LogP) is 2.84. The van der Waals surface area contributed by atoms with Gasteiger partial charge in [-0.1, -0.05) is 39.7 Å². The highest BCUT2D eigenvalue weighted by molar-refractivity contribution is 9.10. The molecule has 30 heavy (non-hydrogen) atoms. The topological polar surface area (TPSA) is 97.9 Å². The summed E-state index contributed by atoms with van der Waals surface area (Å²) >= 11 is 14.3. The lowest BCUT2D eigenvalue weighted by molar-refractivity contribution is -0.123. The second-order valence-electron chi connectivity index (χ2n) is 5.66. The zero-order valence-electron chi connectivity index (χ0n) is 15.9. The van der Waals surface area contributed by atoms with Crippen molar-refractivity contribution in [2.24, 2.45) is 0 Å². The molecule has 0 saturated carbocycles. The smallest absolute Gasteiger partial charge is 0.276 e. The number of carbonyl (C=O) groups excluding carboxylic acids is 2. The van der Waals surface area contributed by atoms with Crippen LogP contribution in [0.15, 0.2) is 46.9 Å². The van der Waals surface area contributed by atoms with Crippen LogP contribution in [0.3, 0.4) is 0 Å². The van der Waals surface area contributed by atoms with Gasteiger partial charge < -0.3 is 14.2 Å². The Morgan fingerprint density at radius 3 is 2.57 bits per heavy atom. The van der Waals surface area contributed by atoms with Crippen LogP contribution in [0.5, 0.6) is 11.5 Å². The molecule has 0 aliphatic heterocycles. The van der Waals surface area contributed by atoms with Gasteiger partial charge in [0.15, 0.2) is 11.7 Å². The molecule has 11 heteroatoms. The standard InChI is InChI=1S/C19H19BrClN3O5S/c1-27-8-9-28-15-5-3-2-4-13(15)18(26)22-19(30)24-23-17(25)11-29-16-7-6-12(20)10-14(16)21/h2-7,10H,8-9,11H2,1H3,(H,23,25)(H2,22,24,26,30). The van der Waals surface area contributed by atoms with Crippen molar-refractivity contribution in [2.45, 2.75) is 0 Å². The lowest BCUT2D eigenvalue weighted by atomic mass is 10.2. The van der Waals surface area contributed by atoms with E-state index in [4.69, 9.17) is 38.0 Å². The van der Waals surface area contributed by atoms with E-state index in [0.29, 0.717) is 29.7 Å². The Bertz CT molecular complexity index is 915. The van der Waals surface area contributed by atoms with Gasteiger partial charge >= 0.3 is 0 Å². The maximum absolute atomic E-state index is 12.4. The molecule has 0 atom stereocenters. The van der Waals surface area contributed by atoms with Gasteiger partial charge in [-0.05, 0) is 42.5 Å². The van der Waals surface area contributed by atoms with E-state index in [1.807, 2.05) is 0 Å². The molecule has 0 bridgehead atoms. The van der Waals surface area contributed by atoms with Gasteiger partial charge in [0, 0.05) is 11.6 Å². The summed E-state index contributed by atoms with van der Waals surface area (Å²) in [5.41, 5.74) is 5.05. The zero-order valence-corrected chi connectivity index (χ0v) is 19.0. The van der Waals surface area contributed by atoms with Crippen molar-refractivity contribution in [3.63, 3.8) is 0 Å². The van der Waals surface area contributed by atoms with Crippen LogP contribution < -0.4 is 25.6 Å². The zero-order chi connectivity index (χ0) is 21.9. The van der Waals surface area contributed by atoms with Gasteiger partial charge in [-0.3, -0.25) is 25.8 Å². The van der Waals surface area contributed by atoms with Crippen LogP contribution in [0.2, 0.25) is 5.02 Å². The van der Waals surface area contributed by atoms with Crippen LogP contribution in [-0.4, -0.2) is 43.9 Å². The lowest BCUT2D eigenvalue weighted by Gasteiger charge is -2.13. The Morgan fingerprint density at radius 1 is 1.07 bits per heavy atom. The summed E-state index contributed by atoms with van der Waals surface area (Å²) in [4.78, 5) is 24.3. The molecule has 0 aliphatic carbocycles. The second kappa shape index (κ2) is 12.3. The number of benzene rings is 2. The average Bonchev–Trinajstić information content (AvgIpc) is 2.72. The summed E-state index contributed by atoms with van der Waals surface area (Å²) in [5.74, 6) is -0.267. The molecule has 0 heterocycles. The summed E-state index contributed by atoms with van der Waals surface area (Å²) in [6.45, 7) is 0.374. The molecule has 0 spiro atoms. The van der Waals surface area contributed by atoms with Gasteiger partial charge in [0.2, 0.25) is 0 Å². The molecule has 0 radical (unpaired) electrons. The first kappa shape index (κ1) is 23.9. The second-order valence-corrected chi connectivity index (χ2v) is 7.39. The minimum Gasteiger partial charge on any atom is -0.490 e. The summed E-state index contributed by atoms with van der Waals surface area (Å²) in [6.07, 6.45) is 0. The van der Waals surface area contributed by atoms with E-state index in [9.17, 15) is 9.59 Å². The number of carbonyl (C=O) groups is 2. The van der Waals surface area contributed by atoms with E-state index < -0.39 is 11.8 Å². The quantitative estimate of drug-likeness (QED) is 0.282. The van der Waals surface area contributed by atoms with Gasteiger partial charge in [0.05, 0.1) is 17.2 Å². The first-order valence-electron chi connectivity index (χ1n) is 8.59. The minimum absolute atomic E-state index is 0.0956. The van der Waals surface area contributed by atoms with Gasteiger partial charge in [-0.25, -0.2) is 0 Å². The number of rotatable bonds is 8. The first-order chi connectivity index (χ1) is 14.4. The number of nitrogens with one attached hydrogen (secondary N) is 3. The molecular weight excluding hydrogens is 498 g/mol. The Balaban J connectivity index is 1.80. The molecule has 0 unspecified atom stereocenters. The Kier molecular flexibility index (Phi) is 9.81. The third-order valence-electron chi connectivity index (χ3n) is 3.47. The number of ether oxygens (including phenoxy) is 3. The van der Waals surface area contributed by atoms with Crippen molar-refractivity contribution in [3.05, 3.63) is 57.5 Å². The van der Waals surface area contributed by atoms with Crippen molar-refractivity contribution < 1.29 is 23.8 Å². The van der Waals surface area contributed by atoms with E-state index in [1.165, 1.54) is 0 Å². The number of hydrogen-bond donors (Lipinski definition) is 3. The van der Waals surface area contributed by atoms with E-state index in [-0.39, 0.29) is 17.3 Å². The third-order valence-corrected chi connectivity index (χ3v) is 4.46. The predicted molar refractivity (Wildman–Crippen MR) is 120 cm³/mol. The number of halogens is 2. The largest absolute Gasteiger partial charge is 0.490 e. The summed E-state index contributed by atoms with van der Waals surface area (Å²) in [7, 11) is 1.55. The van der Waals surface area contributed by atoms with Crippen LogP contribution in [0, 0.1) is 0 Å². The fraction of sp³-hybridized carbons (Fsp3) is 0.211. The van der Waals surface area contributed by atoms with Gasteiger partial charge in [-0.15, -0.1) is 0 Å². The molecule has 0 aromatic heterocycles. The lowest BCUT2D eigenvalue weighted by Crippen LogP contribution is -2.49. The normalized spacial score (nSPS) is 10.1. The summed E-state index contributed by atoms with van der Waals surface area (Å²) in [6, 6.07) is 11.7. The van der Waals surface area contributed by atoms with Gasteiger partial charge in [-0.2, -0.15) is 0 Å². The van der Waals surface area contributed by atoms with Crippen molar-refractivity contribution in [3.8, 4) is 11.5 Å². The highest BCUT2D eigenvalue weighted by Gasteiger charge is 2.14. The Hall–Kier alpha value is -2.40. The number of methoxy groups -OCH3 is 1. The third kappa shape index (κ3) is 7.79. The number of amides is 2. The number of hydrazine groups is 1. The highest BCUT2D eigenvalue weighted by Crippen LogP contribution is 2.27. The molecule has 160 valence electrons. The molecule has 2 aromatic carbocycles. The van der Waals surface area contributed by atoms with Crippen molar-refractivity contribution in [2.75, 3.05) is 26.9 Å². The van der Waals surface area contributed by atoms with Crippen LogP contribution in [0.1, 0.15) is 10.4 Å². The fourth-order valence-electron chi connectivity index (χ4n) is 2.11. The van der Waals surface area contributed by atoms with Crippen LogP contribution in [0.25, 0.3) is 0 Å². The maximum atomic E-state index is 12.4. The van der Waals surface area contributed by atoms with E-state index in [0.717, 1.165) is 4.47 Å². The Labute approximate surface area is 192 Å². The summed E-state index contributed by atoms with van der Waals surface area (Å²) < 4.78 is 16.6. The van der Waals surface area contributed by atoms with Crippen LogP contribution in [-0.2, 0) is 9.53 Å². The maximum Gasteiger partial charge on any atom is 0.276 e. The SMILES string of the molecule is COCCOc1ccccc1C(=O)NC(=S)NNC(=O)COc1ccc(Br)cc1Cl. The van der Waals surface area contributed by atoms with E-state index >= 15 is 0 Å². The van der Waals surface area contributed by atoms with Crippen molar-refractivity contribution >= 4 is 56.7 Å². The van der Waals surface area contributed by atoms with Gasteiger partial charge in [0.1, 0.15) is 18.1 Å². The molecular formula is C19H19BrClN3O5S. The molecule has 0 fully saturated rings. The van der Waals surface area contributed by atoms with E-state index in [1.54, 1.807) is 49.6 Å².